The van der Waals surface area contributed by atoms with Crippen molar-refractivity contribution in [3.8, 4) is 16.9 Å². The lowest BCUT2D eigenvalue weighted by Gasteiger charge is -2.36. The van der Waals surface area contributed by atoms with E-state index < -0.39 is 0 Å². The summed E-state index contributed by atoms with van der Waals surface area (Å²) < 4.78 is 5.05. The van der Waals surface area contributed by atoms with Crippen LogP contribution in [0.5, 0.6) is 5.75 Å². The molecule has 3 aromatic rings. The van der Waals surface area contributed by atoms with Gasteiger partial charge in [0.15, 0.2) is 0 Å². The lowest BCUT2D eigenvalue weighted by Crippen LogP contribution is -2.48. The Labute approximate surface area is 191 Å². The summed E-state index contributed by atoms with van der Waals surface area (Å²) >= 11 is 1.42. The van der Waals surface area contributed by atoms with Crippen LogP contribution in [0.3, 0.4) is 0 Å². The van der Waals surface area contributed by atoms with Crippen LogP contribution < -0.4 is 4.90 Å². The minimum absolute atomic E-state index is 0.0290. The van der Waals surface area contributed by atoms with Gasteiger partial charge in [-0.05, 0) is 59.0 Å². The number of anilines is 1. The van der Waals surface area contributed by atoms with Crippen LogP contribution in [0, 0.1) is 0 Å². The molecular weight excluding hydrogens is 424 g/mol. The Bertz CT molecular complexity index is 1110. The summed E-state index contributed by atoms with van der Waals surface area (Å²) in [4.78, 5) is 29.7. The predicted molar refractivity (Wildman–Crippen MR) is 126 cm³/mol. The van der Waals surface area contributed by atoms with Gasteiger partial charge in [-0.3, -0.25) is 4.79 Å². The Morgan fingerprint density at radius 2 is 1.78 bits per heavy atom. The van der Waals surface area contributed by atoms with E-state index in [0.29, 0.717) is 23.5 Å². The number of amides is 1. The van der Waals surface area contributed by atoms with Gasteiger partial charge in [-0.2, -0.15) is 0 Å². The molecule has 1 aromatic heterocycles. The van der Waals surface area contributed by atoms with E-state index in [0.717, 1.165) is 29.9 Å². The quantitative estimate of drug-likeness (QED) is 0.446. The maximum atomic E-state index is 13.0. The van der Waals surface area contributed by atoms with Gasteiger partial charge in [-0.15, -0.1) is 11.3 Å². The molecule has 164 valence electrons. The Balaban J connectivity index is 1.35. The molecule has 2 aromatic carbocycles. The molecule has 0 bridgehead atoms. The van der Waals surface area contributed by atoms with Crippen LogP contribution in [0.25, 0.3) is 11.1 Å². The van der Waals surface area contributed by atoms with E-state index >= 15 is 0 Å². The van der Waals surface area contributed by atoms with Crippen molar-refractivity contribution in [2.24, 2.45) is 0 Å². The number of hydrogen-bond donors (Lipinski definition) is 1. The second kappa shape index (κ2) is 9.70. The van der Waals surface area contributed by atoms with E-state index in [9.17, 15) is 14.7 Å². The molecule has 0 aliphatic carbocycles. The van der Waals surface area contributed by atoms with Crippen molar-refractivity contribution in [3.63, 3.8) is 0 Å². The Morgan fingerprint density at radius 3 is 2.47 bits per heavy atom. The number of phenols is 1. The summed E-state index contributed by atoms with van der Waals surface area (Å²) in [5, 5.41) is 11.6. The zero-order chi connectivity index (χ0) is 22.5. The average molecular weight is 449 g/mol. The summed E-state index contributed by atoms with van der Waals surface area (Å²) in [6, 6.07) is 16.2. The van der Waals surface area contributed by atoms with Crippen molar-refractivity contribution < 1.29 is 19.4 Å². The second-order valence-electron chi connectivity index (χ2n) is 7.46. The highest BCUT2D eigenvalue weighted by molar-refractivity contribution is 7.12. The van der Waals surface area contributed by atoms with Crippen molar-refractivity contribution in [3.05, 3.63) is 83.1 Å². The minimum atomic E-state index is -0.368. The van der Waals surface area contributed by atoms with Gasteiger partial charge in [0, 0.05) is 31.9 Å². The van der Waals surface area contributed by atoms with Crippen molar-refractivity contribution in [1.82, 2.24) is 4.90 Å². The highest BCUT2D eigenvalue weighted by Gasteiger charge is 2.24. The summed E-state index contributed by atoms with van der Waals surface area (Å²) in [7, 11) is 0. The van der Waals surface area contributed by atoms with Gasteiger partial charge in [0.05, 0.1) is 10.4 Å². The third-order valence-corrected chi connectivity index (χ3v) is 6.28. The van der Waals surface area contributed by atoms with Crippen LogP contribution in [0.15, 0.2) is 72.6 Å². The standard InChI is InChI=1S/C25H24N2O4S/c1-2-14-31-25(30)18-6-8-21(9-7-18)26-10-12-27(13-11-26)24(29)23-16-20(17-32-23)19-4-3-5-22(28)15-19/h2-9,15-17,28H,1,10-14H2. The maximum absolute atomic E-state index is 13.0. The molecule has 4 rings (SSSR count). The van der Waals surface area contributed by atoms with Crippen molar-refractivity contribution >= 4 is 28.9 Å². The smallest absolute Gasteiger partial charge is 0.338 e. The van der Waals surface area contributed by atoms with Crippen molar-refractivity contribution in [1.29, 1.82) is 0 Å². The number of piperazine rings is 1. The van der Waals surface area contributed by atoms with Crippen LogP contribution in [0.2, 0.25) is 0 Å². The number of benzene rings is 2. The highest BCUT2D eigenvalue weighted by atomic mass is 32.1. The number of nitrogens with zero attached hydrogens (tertiary/aromatic N) is 2. The third-order valence-electron chi connectivity index (χ3n) is 5.36. The molecule has 1 fully saturated rings. The molecule has 0 unspecified atom stereocenters. The molecule has 32 heavy (non-hydrogen) atoms. The van der Waals surface area contributed by atoms with Gasteiger partial charge in [0.25, 0.3) is 5.91 Å². The summed E-state index contributed by atoms with van der Waals surface area (Å²) in [6.07, 6.45) is 1.54. The van der Waals surface area contributed by atoms with Crippen molar-refractivity contribution in [2.75, 3.05) is 37.7 Å². The topological polar surface area (TPSA) is 70.1 Å². The molecule has 1 N–H and O–H groups in total. The van der Waals surface area contributed by atoms with E-state index in [-0.39, 0.29) is 24.2 Å². The first kappa shape index (κ1) is 21.6. The average Bonchev–Trinajstić information content (AvgIpc) is 3.33. The van der Waals surface area contributed by atoms with Gasteiger partial charge in [0.1, 0.15) is 12.4 Å². The molecule has 7 heteroatoms. The van der Waals surface area contributed by atoms with Crippen LogP contribution in [0.4, 0.5) is 5.69 Å². The first-order valence-corrected chi connectivity index (χ1v) is 11.2. The summed E-state index contributed by atoms with van der Waals surface area (Å²) in [5.74, 6) is -0.131. The number of carbonyl (C=O) groups is 2. The first-order chi connectivity index (χ1) is 15.5. The Hall–Kier alpha value is -3.58. The number of carbonyl (C=O) groups excluding carboxylic acids is 2. The van der Waals surface area contributed by atoms with Gasteiger partial charge < -0.3 is 19.6 Å². The number of phenolic OH excluding ortho intramolecular Hbond substituents is 1. The normalized spacial score (nSPS) is 13.6. The first-order valence-electron chi connectivity index (χ1n) is 10.4. The van der Waals surface area contributed by atoms with E-state index in [2.05, 4.69) is 11.5 Å². The number of ether oxygens (including phenoxy) is 1. The molecule has 1 aliphatic heterocycles. The monoisotopic (exact) mass is 448 g/mol. The fraction of sp³-hybridized carbons (Fsp3) is 0.200. The van der Waals surface area contributed by atoms with E-state index in [4.69, 9.17) is 4.74 Å². The van der Waals surface area contributed by atoms with Crippen LogP contribution >= 0.6 is 11.3 Å². The Kier molecular flexibility index (Phi) is 6.56. The number of aromatic hydroxyl groups is 1. The molecule has 1 saturated heterocycles. The number of thiophene rings is 1. The van der Waals surface area contributed by atoms with Crippen LogP contribution in [0.1, 0.15) is 20.0 Å². The molecule has 2 heterocycles. The number of rotatable bonds is 6. The van der Waals surface area contributed by atoms with Gasteiger partial charge >= 0.3 is 5.97 Å². The Morgan fingerprint density at radius 1 is 1.03 bits per heavy atom. The zero-order valence-electron chi connectivity index (χ0n) is 17.6. The van der Waals surface area contributed by atoms with E-state index in [1.807, 2.05) is 34.5 Å². The fourth-order valence-corrected chi connectivity index (χ4v) is 4.52. The molecule has 0 saturated carbocycles. The zero-order valence-corrected chi connectivity index (χ0v) is 18.4. The minimum Gasteiger partial charge on any atom is -0.508 e. The van der Waals surface area contributed by atoms with Gasteiger partial charge in [-0.25, -0.2) is 4.79 Å². The molecule has 6 nitrogen and oxygen atoms in total. The van der Waals surface area contributed by atoms with E-state index in [1.165, 1.54) is 17.4 Å². The largest absolute Gasteiger partial charge is 0.508 e. The van der Waals surface area contributed by atoms with E-state index in [1.54, 1.807) is 30.3 Å². The predicted octanol–water partition coefficient (Wildman–Crippen LogP) is 4.43. The lowest BCUT2D eigenvalue weighted by atomic mass is 10.1. The SMILES string of the molecule is C=CCOC(=O)c1ccc(N2CCN(C(=O)c3cc(-c4cccc(O)c4)cs3)CC2)cc1. The van der Waals surface area contributed by atoms with Crippen LogP contribution in [-0.4, -0.2) is 54.7 Å². The fourth-order valence-electron chi connectivity index (χ4n) is 3.64. The molecule has 1 aliphatic rings. The summed E-state index contributed by atoms with van der Waals surface area (Å²) in [6.45, 7) is 6.42. The number of hydrogen-bond acceptors (Lipinski definition) is 6. The summed E-state index contributed by atoms with van der Waals surface area (Å²) in [5.41, 5.74) is 3.34. The third kappa shape index (κ3) is 4.84. The molecule has 0 radical (unpaired) electrons. The van der Waals surface area contributed by atoms with Crippen LogP contribution in [-0.2, 0) is 4.74 Å². The second-order valence-corrected chi connectivity index (χ2v) is 8.37. The maximum Gasteiger partial charge on any atom is 0.338 e. The lowest BCUT2D eigenvalue weighted by molar-refractivity contribution is 0.0549. The molecule has 0 spiro atoms. The molecule has 1 amide bonds. The number of esters is 1. The molecule has 0 atom stereocenters. The van der Waals surface area contributed by atoms with Crippen molar-refractivity contribution in [2.45, 2.75) is 0 Å². The highest BCUT2D eigenvalue weighted by Crippen LogP contribution is 2.29. The van der Waals surface area contributed by atoms with Gasteiger partial charge in [-0.1, -0.05) is 24.8 Å². The van der Waals surface area contributed by atoms with Gasteiger partial charge in [0.2, 0.25) is 0 Å². The molecular formula is C25H24N2O4S.